The van der Waals surface area contributed by atoms with Crippen molar-refractivity contribution in [2.75, 3.05) is 31.6 Å². The highest BCUT2D eigenvalue weighted by Gasteiger charge is 2.19. The van der Waals surface area contributed by atoms with Crippen LogP contribution >= 0.6 is 0 Å². The lowest BCUT2D eigenvalue weighted by Gasteiger charge is -2.31. The molecule has 2 atom stereocenters. The molecule has 1 aromatic carbocycles. The fourth-order valence-electron chi connectivity index (χ4n) is 2.55. The third-order valence-electron chi connectivity index (χ3n) is 3.84. The van der Waals surface area contributed by atoms with Crippen LogP contribution in [0.3, 0.4) is 0 Å². The molecule has 0 radical (unpaired) electrons. The number of nitrogens with one attached hydrogen (secondary N) is 1. The van der Waals surface area contributed by atoms with Crippen molar-refractivity contribution in [1.29, 1.82) is 0 Å². The number of likely N-dealkylation sites (N-methyl/N-ethyl adjacent to an activating group) is 1. The molecule has 1 saturated heterocycles. The summed E-state index contributed by atoms with van der Waals surface area (Å²) in [5.74, 6) is 0. The monoisotopic (exact) mass is 280 g/mol. The van der Waals surface area contributed by atoms with Crippen LogP contribution in [0.5, 0.6) is 0 Å². The lowest BCUT2D eigenvalue weighted by molar-refractivity contribution is 0.0202. The molecule has 0 spiro atoms. The number of anilines is 1. The summed E-state index contributed by atoms with van der Waals surface area (Å²) in [7, 11) is 1.74. The number of benzene rings is 1. The summed E-state index contributed by atoms with van der Waals surface area (Å²) in [5, 5.41) is 32.1. The molecule has 5 nitrogen and oxygen atoms in total. The number of nitrogens with zero attached hydrogens (tertiary/aromatic N) is 1. The van der Waals surface area contributed by atoms with Crippen molar-refractivity contribution >= 4 is 5.69 Å². The molecule has 1 aliphatic rings. The summed E-state index contributed by atoms with van der Waals surface area (Å²) in [6, 6.07) is 7.62. The van der Waals surface area contributed by atoms with Crippen LogP contribution in [-0.4, -0.2) is 54.2 Å². The van der Waals surface area contributed by atoms with E-state index in [-0.39, 0.29) is 6.10 Å². The van der Waals surface area contributed by atoms with Gasteiger partial charge < -0.3 is 25.5 Å². The number of hydrogen-bond acceptors (Lipinski definition) is 5. The van der Waals surface area contributed by atoms with E-state index in [0.717, 1.165) is 31.6 Å². The molecular formula is C15H24N2O3. The Hall–Kier alpha value is -1.14. The van der Waals surface area contributed by atoms with E-state index in [2.05, 4.69) is 10.2 Å². The summed E-state index contributed by atoms with van der Waals surface area (Å²) in [4.78, 5) is 2.23. The molecule has 1 fully saturated rings. The van der Waals surface area contributed by atoms with Crippen molar-refractivity contribution in [1.82, 2.24) is 5.32 Å². The molecule has 0 bridgehead atoms. The van der Waals surface area contributed by atoms with Gasteiger partial charge >= 0.3 is 0 Å². The molecule has 2 unspecified atom stereocenters. The Morgan fingerprint density at radius 3 is 2.35 bits per heavy atom. The Kier molecular flexibility index (Phi) is 5.37. The van der Waals surface area contributed by atoms with Crippen molar-refractivity contribution in [2.24, 2.45) is 0 Å². The van der Waals surface area contributed by atoms with Gasteiger partial charge in [-0.3, -0.25) is 0 Å². The van der Waals surface area contributed by atoms with Gasteiger partial charge in [-0.1, -0.05) is 12.1 Å². The van der Waals surface area contributed by atoms with Crippen LogP contribution < -0.4 is 10.2 Å². The minimum atomic E-state index is -0.875. The summed E-state index contributed by atoms with van der Waals surface area (Å²) < 4.78 is 0. The largest absolute Gasteiger partial charge is 0.393 e. The molecule has 0 amide bonds. The first-order chi connectivity index (χ1) is 9.61. The number of piperidine rings is 1. The molecule has 1 aliphatic heterocycles. The summed E-state index contributed by atoms with van der Waals surface area (Å²) in [6.07, 6.45) is -0.268. The maximum Gasteiger partial charge on any atom is 0.106 e. The van der Waals surface area contributed by atoms with Gasteiger partial charge in [0.25, 0.3) is 0 Å². The molecule has 0 aromatic heterocycles. The maximum atomic E-state index is 10.0. The SMILES string of the molecule is CNCC(O)C(O)c1ccc(N2CCC(O)CC2)cc1. The molecule has 5 heteroatoms. The smallest absolute Gasteiger partial charge is 0.106 e. The van der Waals surface area contributed by atoms with E-state index in [1.165, 1.54) is 0 Å². The first-order valence-corrected chi connectivity index (χ1v) is 7.15. The second-order valence-electron chi connectivity index (χ2n) is 5.38. The van der Waals surface area contributed by atoms with Gasteiger partial charge in [0, 0.05) is 25.3 Å². The Morgan fingerprint density at radius 1 is 1.20 bits per heavy atom. The van der Waals surface area contributed by atoms with Crippen molar-refractivity contribution in [3.8, 4) is 0 Å². The fourth-order valence-corrected chi connectivity index (χ4v) is 2.55. The highest BCUT2D eigenvalue weighted by Crippen LogP contribution is 2.23. The summed E-state index contributed by atoms with van der Waals surface area (Å²) >= 11 is 0. The second-order valence-corrected chi connectivity index (χ2v) is 5.38. The van der Waals surface area contributed by atoms with Crippen LogP contribution in [-0.2, 0) is 0 Å². The van der Waals surface area contributed by atoms with Crippen LogP contribution in [0.25, 0.3) is 0 Å². The van der Waals surface area contributed by atoms with Gasteiger partial charge in [-0.05, 0) is 37.6 Å². The number of hydrogen-bond donors (Lipinski definition) is 4. The van der Waals surface area contributed by atoms with Crippen molar-refractivity contribution in [3.63, 3.8) is 0 Å². The van der Waals surface area contributed by atoms with Gasteiger partial charge in [-0.2, -0.15) is 0 Å². The summed E-state index contributed by atoms with van der Waals surface area (Å²) in [5.41, 5.74) is 1.81. The van der Waals surface area contributed by atoms with Gasteiger partial charge in [0.2, 0.25) is 0 Å². The van der Waals surface area contributed by atoms with Gasteiger partial charge in [0.15, 0.2) is 0 Å². The molecule has 4 N–H and O–H groups in total. The van der Waals surface area contributed by atoms with Gasteiger partial charge in [0.1, 0.15) is 6.10 Å². The molecule has 1 aromatic rings. The van der Waals surface area contributed by atoms with E-state index in [1.54, 1.807) is 7.05 Å². The molecule has 1 heterocycles. The Balaban J connectivity index is 1.99. The number of aliphatic hydroxyl groups is 3. The van der Waals surface area contributed by atoms with Gasteiger partial charge in [-0.15, -0.1) is 0 Å². The zero-order valence-electron chi connectivity index (χ0n) is 11.9. The second kappa shape index (κ2) is 7.04. The topological polar surface area (TPSA) is 76.0 Å². The molecule has 20 heavy (non-hydrogen) atoms. The Bertz CT molecular complexity index is 381. The van der Waals surface area contributed by atoms with Crippen LogP contribution in [0.15, 0.2) is 24.3 Å². The van der Waals surface area contributed by atoms with E-state index in [9.17, 15) is 15.3 Å². The summed E-state index contributed by atoms with van der Waals surface area (Å²) in [6.45, 7) is 2.06. The van der Waals surface area contributed by atoms with E-state index in [0.29, 0.717) is 12.1 Å². The molecule has 0 saturated carbocycles. The number of aliphatic hydroxyl groups excluding tert-OH is 3. The van der Waals surface area contributed by atoms with E-state index in [4.69, 9.17) is 0 Å². The lowest BCUT2D eigenvalue weighted by Crippen LogP contribution is -2.35. The van der Waals surface area contributed by atoms with Crippen molar-refractivity contribution in [2.45, 2.75) is 31.2 Å². The maximum absolute atomic E-state index is 10.0. The van der Waals surface area contributed by atoms with Gasteiger partial charge in [-0.25, -0.2) is 0 Å². The van der Waals surface area contributed by atoms with Gasteiger partial charge in [0.05, 0.1) is 12.2 Å². The normalized spacial score (nSPS) is 19.9. The van der Waals surface area contributed by atoms with E-state index in [1.807, 2.05) is 24.3 Å². The average Bonchev–Trinajstić information content (AvgIpc) is 2.48. The Morgan fingerprint density at radius 2 is 1.80 bits per heavy atom. The highest BCUT2D eigenvalue weighted by atomic mass is 16.3. The van der Waals surface area contributed by atoms with Crippen LogP contribution in [0.4, 0.5) is 5.69 Å². The first-order valence-electron chi connectivity index (χ1n) is 7.15. The third kappa shape index (κ3) is 3.70. The minimum absolute atomic E-state index is 0.177. The molecule has 112 valence electrons. The predicted octanol–water partition coefficient (Wildman–Crippen LogP) is 0.261. The number of rotatable bonds is 5. The molecule has 0 aliphatic carbocycles. The average molecular weight is 280 g/mol. The predicted molar refractivity (Wildman–Crippen MR) is 78.8 cm³/mol. The minimum Gasteiger partial charge on any atom is -0.393 e. The Labute approximate surface area is 119 Å². The van der Waals surface area contributed by atoms with E-state index < -0.39 is 12.2 Å². The fraction of sp³-hybridized carbons (Fsp3) is 0.600. The zero-order valence-corrected chi connectivity index (χ0v) is 11.9. The standard InChI is InChI=1S/C15H24N2O3/c1-16-10-14(19)15(20)11-2-4-12(5-3-11)17-8-6-13(18)7-9-17/h2-5,13-16,18-20H,6-10H2,1H3. The molecular weight excluding hydrogens is 256 g/mol. The zero-order chi connectivity index (χ0) is 14.5. The van der Waals surface area contributed by atoms with Crippen molar-refractivity contribution in [3.05, 3.63) is 29.8 Å². The van der Waals surface area contributed by atoms with E-state index >= 15 is 0 Å². The third-order valence-corrected chi connectivity index (χ3v) is 3.84. The first kappa shape index (κ1) is 15.3. The highest BCUT2D eigenvalue weighted by molar-refractivity contribution is 5.48. The van der Waals surface area contributed by atoms with Crippen LogP contribution in [0, 0.1) is 0 Å². The van der Waals surface area contributed by atoms with Crippen LogP contribution in [0.1, 0.15) is 24.5 Å². The lowest BCUT2D eigenvalue weighted by atomic mass is 10.0. The quantitative estimate of drug-likeness (QED) is 0.622. The van der Waals surface area contributed by atoms with Crippen molar-refractivity contribution < 1.29 is 15.3 Å². The molecule has 2 rings (SSSR count). The van der Waals surface area contributed by atoms with Crippen LogP contribution in [0.2, 0.25) is 0 Å².